The van der Waals surface area contributed by atoms with Crippen LogP contribution in [0.3, 0.4) is 0 Å². The second-order valence-corrected chi connectivity index (χ2v) is 1.87. The molecule has 0 fully saturated rings. The fourth-order valence-corrected chi connectivity index (χ4v) is 0.689. The molecule has 10 heavy (non-hydrogen) atoms. The van der Waals surface area contributed by atoms with Crippen LogP contribution in [0.1, 0.15) is 0 Å². The number of anilines is 1. The minimum atomic E-state index is -0.441. The van der Waals surface area contributed by atoms with Gasteiger partial charge in [0.1, 0.15) is 11.6 Å². The normalized spacial score (nSPS) is 9.50. The van der Waals surface area contributed by atoms with Gasteiger partial charge in [0.15, 0.2) is 0 Å². The maximum absolute atomic E-state index is 12.5. The number of halogens is 2. The van der Waals surface area contributed by atoms with Crippen molar-refractivity contribution in [2.24, 2.45) is 0 Å². The summed E-state index contributed by atoms with van der Waals surface area (Å²) in [7, 11) is 1.54. The van der Waals surface area contributed by atoms with Crippen LogP contribution in [0, 0.1) is 11.6 Å². The molecule has 0 saturated heterocycles. The molecule has 3 heteroatoms. The Kier molecular flexibility index (Phi) is 1.85. The van der Waals surface area contributed by atoms with Crippen LogP contribution in [-0.2, 0) is 0 Å². The number of hydrogen-bond donors (Lipinski definition) is 1. The summed E-state index contributed by atoms with van der Waals surface area (Å²) in [5.74, 6) is -0.880. The van der Waals surface area contributed by atoms with E-state index < -0.39 is 11.6 Å². The molecule has 0 aliphatic heterocycles. The van der Waals surface area contributed by atoms with Gasteiger partial charge in [-0.1, -0.05) is 0 Å². The van der Waals surface area contributed by atoms with Crippen LogP contribution >= 0.6 is 0 Å². The van der Waals surface area contributed by atoms with Crippen molar-refractivity contribution < 1.29 is 8.78 Å². The summed E-state index contributed by atoms with van der Waals surface area (Å²) in [6.45, 7) is 0. The Bertz CT molecular complexity index is 235. The van der Waals surface area contributed by atoms with Gasteiger partial charge in [0.25, 0.3) is 0 Å². The molecule has 0 aliphatic rings. The minimum absolute atomic E-state index is 0.181. The average Bonchev–Trinajstić information content (AvgIpc) is 1.94. The second kappa shape index (κ2) is 2.64. The SMILES string of the molecule is CNc1cc(F)ccc1F. The van der Waals surface area contributed by atoms with Crippen molar-refractivity contribution >= 4 is 5.69 Å². The van der Waals surface area contributed by atoms with E-state index in [1.165, 1.54) is 7.05 Å². The molecular formula is C7H7F2N. The van der Waals surface area contributed by atoms with Crippen LogP contribution in [0.4, 0.5) is 14.5 Å². The number of nitrogens with one attached hydrogen (secondary N) is 1. The molecule has 0 bridgehead atoms. The molecule has 0 aliphatic carbocycles. The highest BCUT2D eigenvalue weighted by molar-refractivity contribution is 5.43. The van der Waals surface area contributed by atoms with Crippen LogP contribution < -0.4 is 5.32 Å². The highest BCUT2D eigenvalue weighted by Crippen LogP contribution is 2.13. The molecule has 1 aromatic rings. The van der Waals surface area contributed by atoms with Crippen molar-refractivity contribution in [3.63, 3.8) is 0 Å². The molecule has 0 aromatic heterocycles. The molecule has 1 N–H and O–H groups in total. The second-order valence-electron chi connectivity index (χ2n) is 1.87. The lowest BCUT2D eigenvalue weighted by molar-refractivity contribution is 0.603. The molecule has 0 spiro atoms. The lowest BCUT2D eigenvalue weighted by Gasteiger charge is -1.99. The van der Waals surface area contributed by atoms with Crippen molar-refractivity contribution in [1.82, 2.24) is 0 Å². The third kappa shape index (κ3) is 1.23. The lowest BCUT2D eigenvalue weighted by Crippen LogP contribution is -1.92. The van der Waals surface area contributed by atoms with Gasteiger partial charge in [0.05, 0.1) is 5.69 Å². The van der Waals surface area contributed by atoms with E-state index in [0.29, 0.717) is 0 Å². The van der Waals surface area contributed by atoms with E-state index in [-0.39, 0.29) is 5.69 Å². The van der Waals surface area contributed by atoms with Gasteiger partial charge < -0.3 is 5.32 Å². The van der Waals surface area contributed by atoms with E-state index in [9.17, 15) is 8.78 Å². The third-order valence-electron chi connectivity index (χ3n) is 1.20. The average molecular weight is 143 g/mol. The van der Waals surface area contributed by atoms with Crippen molar-refractivity contribution in [2.75, 3.05) is 12.4 Å². The summed E-state index contributed by atoms with van der Waals surface area (Å²) in [5.41, 5.74) is 0.181. The van der Waals surface area contributed by atoms with Crippen molar-refractivity contribution in [3.05, 3.63) is 29.8 Å². The Morgan fingerprint density at radius 2 is 2.00 bits per heavy atom. The third-order valence-corrected chi connectivity index (χ3v) is 1.20. The van der Waals surface area contributed by atoms with Gasteiger partial charge >= 0.3 is 0 Å². The van der Waals surface area contributed by atoms with E-state index >= 15 is 0 Å². The smallest absolute Gasteiger partial charge is 0.146 e. The maximum Gasteiger partial charge on any atom is 0.146 e. The Labute approximate surface area is 57.7 Å². The first-order valence-electron chi connectivity index (χ1n) is 2.87. The molecule has 0 unspecified atom stereocenters. The van der Waals surface area contributed by atoms with Gasteiger partial charge in [-0.3, -0.25) is 0 Å². The van der Waals surface area contributed by atoms with Crippen LogP contribution in [0.15, 0.2) is 18.2 Å². The van der Waals surface area contributed by atoms with E-state index in [4.69, 9.17) is 0 Å². The van der Waals surface area contributed by atoms with E-state index in [2.05, 4.69) is 5.32 Å². The van der Waals surface area contributed by atoms with Crippen molar-refractivity contribution in [1.29, 1.82) is 0 Å². The molecule has 0 heterocycles. The predicted octanol–water partition coefficient (Wildman–Crippen LogP) is 2.01. The Hall–Kier alpha value is -1.12. The van der Waals surface area contributed by atoms with Gasteiger partial charge in [0, 0.05) is 7.05 Å². The molecule has 0 amide bonds. The van der Waals surface area contributed by atoms with Gasteiger partial charge in [-0.15, -0.1) is 0 Å². The minimum Gasteiger partial charge on any atom is -0.386 e. The van der Waals surface area contributed by atoms with Crippen molar-refractivity contribution in [2.45, 2.75) is 0 Å². The molecule has 1 rings (SSSR count). The summed E-state index contributed by atoms with van der Waals surface area (Å²) in [5, 5.41) is 2.52. The van der Waals surface area contributed by atoms with Gasteiger partial charge in [-0.25, -0.2) is 8.78 Å². The predicted molar refractivity (Wildman–Crippen MR) is 35.9 cm³/mol. The Balaban J connectivity index is 3.09. The van der Waals surface area contributed by atoms with E-state index in [1.54, 1.807) is 0 Å². The Morgan fingerprint density at radius 1 is 1.30 bits per heavy atom. The largest absolute Gasteiger partial charge is 0.386 e. The van der Waals surface area contributed by atoms with E-state index in [1.807, 2.05) is 0 Å². The summed E-state index contributed by atoms with van der Waals surface area (Å²) >= 11 is 0. The zero-order chi connectivity index (χ0) is 7.56. The molecule has 1 nitrogen and oxygen atoms in total. The fraction of sp³-hybridized carbons (Fsp3) is 0.143. The summed E-state index contributed by atoms with van der Waals surface area (Å²) in [6, 6.07) is 3.27. The van der Waals surface area contributed by atoms with E-state index in [0.717, 1.165) is 18.2 Å². The molecule has 54 valence electrons. The molecular weight excluding hydrogens is 136 g/mol. The first kappa shape index (κ1) is 6.99. The van der Waals surface area contributed by atoms with Crippen LogP contribution in [0.5, 0.6) is 0 Å². The zero-order valence-corrected chi connectivity index (χ0v) is 5.49. The van der Waals surface area contributed by atoms with Gasteiger partial charge in [-0.05, 0) is 18.2 Å². The van der Waals surface area contributed by atoms with Gasteiger partial charge in [0.2, 0.25) is 0 Å². The quantitative estimate of drug-likeness (QED) is 0.634. The summed E-state index contributed by atoms with van der Waals surface area (Å²) in [4.78, 5) is 0. The van der Waals surface area contributed by atoms with Crippen LogP contribution in [-0.4, -0.2) is 7.05 Å². The highest BCUT2D eigenvalue weighted by atomic mass is 19.1. The fourth-order valence-electron chi connectivity index (χ4n) is 0.689. The molecule has 0 saturated carbocycles. The molecule has 0 radical (unpaired) electrons. The highest BCUT2D eigenvalue weighted by Gasteiger charge is 1.99. The zero-order valence-electron chi connectivity index (χ0n) is 5.49. The molecule has 1 aromatic carbocycles. The number of benzene rings is 1. The summed E-state index contributed by atoms with van der Waals surface area (Å²) < 4.78 is 24.9. The standard InChI is InChI=1S/C7H7F2N/c1-10-7-4-5(8)2-3-6(7)9/h2-4,10H,1H3. The lowest BCUT2D eigenvalue weighted by atomic mass is 10.3. The molecule has 0 atom stereocenters. The Morgan fingerprint density at radius 3 is 2.50 bits per heavy atom. The number of hydrogen-bond acceptors (Lipinski definition) is 1. The monoisotopic (exact) mass is 143 g/mol. The van der Waals surface area contributed by atoms with Gasteiger partial charge in [-0.2, -0.15) is 0 Å². The number of rotatable bonds is 1. The first-order valence-corrected chi connectivity index (χ1v) is 2.87. The topological polar surface area (TPSA) is 12.0 Å². The first-order chi connectivity index (χ1) is 4.74. The maximum atomic E-state index is 12.5. The van der Waals surface area contributed by atoms with Crippen LogP contribution in [0.2, 0.25) is 0 Å². The van der Waals surface area contributed by atoms with Crippen molar-refractivity contribution in [3.8, 4) is 0 Å². The summed E-state index contributed by atoms with van der Waals surface area (Å²) in [6.07, 6.45) is 0. The van der Waals surface area contributed by atoms with Crippen LogP contribution in [0.25, 0.3) is 0 Å².